The fourth-order valence-electron chi connectivity index (χ4n) is 8.42. The number of halogens is 1. The van der Waals surface area contributed by atoms with Crippen LogP contribution in [0, 0.1) is 24.6 Å². The summed E-state index contributed by atoms with van der Waals surface area (Å²) in [5.74, 6) is -4.52. The van der Waals surface area contributed by atoms with Gasteiger partial charge in [-0.1, -0.05) is 27.2 Å². The summed E-state index contributed by atoms with van der Waals surface area (Å²) in [7, 11) is 0. The Morgan fingerprint density at radius 1 is 0.953 bits per heavy atom. The SMILES string of the molecule is CC[C@@]1(O)C(=O)OCc2c1cc1n(c2=O)Cc2cc3c(CCCCOCNC(=O)[C@H](C)CC(=O)[C@H](C)NC(=O)[C@H](C)CC(=O)CCCCCN4C(=O)C=CC4=O)c(C)c(F)cc3nc2-1. The molecular weight excluding hydrogens is 830 g/mol. The van der Waals surface area contributed by atoms with E-state index in [2.05, 4.69) is 10.6 Å². The van der Waals surface area contributed by atoms with Crippen LogP contribution < -0.4 is 16.2 Å². The Hall–Kier alpha value is -5.94. The van der Waals surface area contributed by atoms with Gasteiger partial charge in [-0.05, 0) is 75.6 Å². The molecule has 1 aromatic carbocycles. The molecule has 4 atom stereocenters. The molecule has 2 aromatic heterocycles. The van der Waals surface area contributed by atoms with Crippen LogP contribution in [0.2, 0.25) is 0 Å². The molecule has 0 unspecified atom stereocenters. The summed E-state index contributed by atoms with van der Waals surface area (Å²) >= 11 is 0. The van der Waals surface area contributed by atoms with Gasteiger partial charge < -0.3 is 29.8 Å². The molecule has 0 spiro atoms. The number of benzene rings is 1. The molecule has 4 amide bonds. The largest absolute Gasteiger partial charge is 0.458 e. The number of carbonyl (C=O) groups is 7. The van der Waals surface area contributed by atoms with Crippen molar-refractivity contribution in [2.24, 2.45) is 11.8 Å². The van der Waals surface area contributed by atoms with E-state index < -0.39 is 47.1 Å². The van der Waals surface area contributed by atoms with Gasteiger partial charge in [0.2, 0.25) is 11.8 Å². The maximum absolute atomic E-state index is 15.3. The summed E-state index contributed by atoms with van der Waals surface area (Å²) < 4.78 is 27.6. The zero-order valence-corrected chi connectivity index (χ0v) is 37.0. The number of aliphatic hydroxyl groups is 1. The van der Waals surface area contributed by atoms with E-state index in [1.165, 1.54) is 29.7 Å². The smallest absolute Gasteiger partial charge is 0.343 e. The molecular formula is C47H56FN5O11. The number of aromatic nitrogens is 2. The molecule has 64 heavy (non-hydrogen) atoms. The predicted octanol–water partition coefficient (Wildman–Crippen LogP) is 4.12. The van der Waals surface area contributed by atoms with Crippen LogP contribution in [0.4, 0.5) is 4.39 Å². The highest BCUT2D eigenvalue weighted by Gasteiger charge is 2.45. The molecule has 17 heteroatoms. The molecule has 16 nitrogen and oxygen atoms in total. The van der Waals surface area contributed by atoms with E-state index in [9.17, 15) is 43.5 Å². The van der Waals surface area contributed by atoms with Gasteiger partial charge in [0.05, 0.1) is 35.1 Å². The first-order chi connectivity index (χ1) is 30.4. The third-order valence-corrected chi connectivity index (χ3v) is 12.5. The van der Waals surface area contributed by atoms with E-state index in [4.69, 9.17) is 14.5 Å². The van der Waals surface area contributed by atoms with Gasteiger partial charge in [-0.25, -0.2) is 14.2 Å². The number of fused-ring (bicyclic) bond motifs is 5. The summed E-state index contributed by atoms with van der Waals surface area (Å²) in [6.45, 7) is 8.59. The Bertz CT molecular complexity index is 2460. The predicted molar refractivity (Wildman–Crippen MR) is 231 cm³/mol. The van der Waals surface area contributed by atoms with Gasteiger partial charge in [0, 0.05) is 79.0 Å². The number of pyridine rings is 2. The Kier molecular flexibility index (Phi) is 15.1. The number of ketones is 2. The van der Waals surface area contributed by atoms with Crippen molar-refractivity contribution >= 4 is 52.1 Å². The van der Waals surface area contributed by atoms with Crippen molar-refractivity contribution < 1.29 is 52.5 Å². The number of nitrogens with one attached hydrogen (secondary N) is 2. The fourth-order valence-corrected chi connectivity index (χ4v) is 8.42. The molecule has 0 saturated carbocycles. The summed E-state index contributed by atoms with van der Waals surface area (Å²) in [6.07, 6.45) is 6.16. The van der Waals surface area contributed by atoms with Gasteiger partial charge in [-0.2, -0.15) is 0 Å². The lowest BCUT2D eigenvalue weighted by atomic mass is 9.86. The second-order valence-electron chi connectivity index (χ2n) is 17.1. The van der Waals surface area contributed by atoms with E-state index in [1.54, 1.807) is 33.8 Å². The maximum Gasteiger partial charge on any atom is 0.343 e. The van der Waals surface area contributed by atoms with Crippen LogP contribution in [-0.2, 0) is 68.2 Å². The van der Waals surface area contributed by atoms with Gasteiger partial charge in [-0.3, -0.25) is 38.5 Å². The molecule has 3 aromatic rings. The van der Waals surface area contributed by atoms with E-state index in [-0.39, 0.29) is 85.6 Å². The summed E-state index contributed by atoms with van der Waals surface area (Å²) in [5, 5.41) is 17.2. The normalized spacial score (nSPS) is 17.7. The highest BCUT2D eigenvalue weighted by molar-refractivity contribution is 6.12. The first kappa shape index (κ1) is 47.5. The molecule has 3 aliphatic rings. The summed E-state index contributed by atoms with van der Waals surface area (Å²) in [4.78, 5) is 106. The number of imide groups is 1. The second kappa shape index (κ2) is 20.3. The Balaban J connectivity index is 0.905. The molecule has 0 aliphatic carbocycles. The average Bonchev–Trinajstić information content (AvgIpc) is 3.79. The average molecular weight is 886 g/mol. The van der Waals surface area contributed by atoms with Crippen molar-refractivity contribution in [2.45, 2.75) is 124 Å². The lowest BCUT2D eigenvalue weighted by Gasteiger charge is -2.31. The van der Waals surface area contributed by atoms with Crippen molar-refractivity contribution in [1.82, 2.24) is 25.1 Å². The number of cyclic esters (lactones) is 1. The van der Waals surface area contributed by atoms with Gasteiger partial charge in [0.25, 0.3) is 17.4 Å². The third kappa shape index (κ3) is 10.2. The lowest BCUT2D eigenvalue weighted by Crippen LogP contribution is -2.44. The first-order valence-electron chi connectivity index (χ1n) is 22.0. The van der Waals surface area contributed by atoms with Crippen molar-refractivity contribution in [3.8, 4) is 11.4 Å². The minimum atomic E-state index is -1.95. The minimum absolute atomic E-state index is 0.0102. The third-order valence-electron chi connectivity index (χ3n) is 12.5. The molecule has 3 N–H and O–H groups in total. The van der Waals surface area contributed by atoms with Crippen LogP contribution >= 0.6 is 0 Å². The number of unbranched alkanes of at least 4 members (excludes halogenated alkanes) is 3. The Morgan fingerprint density at radius 3 is 2.39 bits per heavy atom. The van der Waals surface area contributed by atoms with Gasteiger partial charge in [0.15, 0.2) is 11.4 Å². The van der Waals surface area contributed by atoms with Crippen molar-refractivity contribution in [3.63, 3.8) is 0 Å². The highest BCUT2D eigenvalue weighted by atomic mass is 19.1. The zero-order chi connectivity index (χ0) is 46.5. The maximum atomic E-state index is 15.3. The van der Waals surface area contributed by atoms with Crippen molar-refractivity contribution in [2.75, 3.05) is 19.9 Å². The van der Waals surface area contributed by atoms with Crippen LogP contribution in [0.5, 0.6) is 0 Å². The van der Waals surface area contributed by atoms with Gasteiger partial charge in [-0.15, -0.1) is 0 Å². The van der Waals surface area contributed by atoms with Crippen LogP contribution in [0.15, 0.2) is 35.1 Å². The first-order valence-corrected chi connectivity index (χ1v) is 22.0. The number of carbonyl (C=O) groups excluding carboxylic acids is 7. The van der Waals surface area contributed by atoms with Crippen LogP contribution in [0.1, 0.15) is 113 Å². The molecule has 0 bridgehead atoms. The van der Waals surface area contributed by atoms with Crippen molar-refractivity contribution in [1.29, 1.82) is 0 Å². The van der Waals surface area contributed by atoms with E-state index in [0.29, 0.717) is 74.1 Å². The summed E-state index contributed by atoms with van der Waals surface area (Å²) in [6, 6.07) is 4.05. The van der Waals surface area contributed by atoms with E-state index >= 15 is 4.39 Å². The minimum Gasteiger partial charge on any atom is -0.458 e. The zero-order valence-electron chi connectivity index (χ0n) is 37.0. The van der Waals surface area contributed by atoms with E-state index in [1.807, 2.05) is 6.07 Å². The molecule has 342 valence electrons. The molecule has 6 rings (SSSR count). The number of esters is 1. The number of rotatable bonds is 22. The second-order valence-corrected chi connectivity index (χ2v) is 17.1. The number of hydrogen-bond donors (Lipinski definition) is 3. The quantitative estimate of drug-likeness (QED) is 0.0439. The number of Topliss-reactive ketones (excluding diaryl/α,β-unsaturated/α-hetero) is 2. The Morgan fingerprint density at radius 2 is 1.67 bits per heavy atom. The van der Waals surface area contributed by atoms with Crippen molar-refractivity contribution in [3.05, 3.63) is 74.3 Å². The number of aryl methyl sites for hydroxylation is 1. The highest BCUT2D eigenvalue weighted by Crippen LogP contribution is 2.39. The van der Waals surface area contributed by atoms with Gasteiger partial charge >= 0.3 is 5.97 Å². The Labute approximate surface area is 369 Å². The standard InChI is InChI=1S/C47H56FN5O11/c1-6-47(62)35-21-38-42-30(23-53(38)45(60)34(35)24-64-46(47)61)20-33-32(28(4)36(48)22-37(33)51-42)13-9-11-17-63-25-49-43(58)27(3)19-39(55)29(5)50-44(59)26(2)18-31(54)12-8-7-10-16-52-40(56)14-15-41(52)57/h14-15,20-22,26-27,29,62H,6-13,16-19,23-25H2,1-5H3,(H,49,58)(H,50,59)/t26-,27-,29+,47+/m1/s1. The summed E-state index contributed by atoms with van der Waals surface area (Å²) in [5.41, 5.74) is 1.47. The monoisotopic (exact) mass is 885 g/mol. The number of hydrogen-bond acceptors (Lipinski definition) is 12. The topological polar surface area (TPSA) is 220 Å². The van der Waals surface area contributed by atoms with Crippen LogP contribution in [-0.4, -0.2) is 86.6 Å². The van der Waals surface area contributed by atoms with Crippen LogP contribution in [0.25, 0.3) is 22.3 Å². The molecule has 5 heterocycles. The van der Waals surface area contributed by atoms with E-state index in [0.717, 1.165) is 21.4 Å². The molecule has 0 fully saturated rings. The van der Waals surface area contributed by atoms with Crippen LogP contribution in [0.3, 0.4) is 0 Å². The number of ether oxygens (including phenoxy) is 2. The molecule has 0 radical (unpaired) electrons. The lowest BCUT2D eigenvalue weighted by molar-refractivity contribution is -0.172. The fraction of sp³-hybridized carbons (Fsp3) is 0.511. The van der Waals surface area contributed by atoms with Gasteiger partial charge in [0.1, 0.15) is 24.9 Å². The molecule has 3 aliphatic heterocycles. The number of amides is 4. The molecule has 0 saturated heterocycles. The number of nitrogens with zero attached hydrogens (tertiary/aromatic N) is 3.